The molecule has 1 aliphatic rings. The van der Waals surface area contributed by atoms with E-state index in [9.17, 15) is 8.42 Å². The molecule has 0 unspecified atom stereocenters. The third kappa shape index (κ3) is 4.34. The lowest BCUT2D eigenvalue weighted by molar-refractivity contribution is 0.268. The van der Waals surface area contributed by atoms with E-state index < -0.39 is 10.0 Å². The lowest BCUT2D eigenvalue weighted by atomic mass is 9.98. The van der Waals surface area contributed by atoms with Gasteiger partial charge in [-0.15, -0.1) is 0 Å². The van der Waals surface area contributed by atoms with Crippen molar-refractivity contribution >= 4 is 10.0 Å². The molecule has 1 N–H and O–H groups in total. The van der Waals surface area contributed by atoms with Gasteiger partial charge >= 0.3 is 0 Å². The van der Waals surface area contributed by atoms with Crippen LogP contribution < -0.4 is 5.32 Å². The number of nitrogens with zero attached hydrogens (tertiary/aromatic N) is 1. The quantitative estimate of drug-likeness (QED) is 0.832. The first-order valence-corrected chi connectivity index (χ1v) is 10.3. The van der Waals surface area contributed by atoms with Gasteiger partial charge in [-0.2, -0.15) is 4.31 Å². The van der Waals surface area contributed by atoms with Gasteiger partial charge in [-0.1, -0.05) is 26.8 Å². The van der Waals surface area contributed by atoms with Gasteiger partial charge < -0.3 is 5.32 Å². The van der Waals surface area contributed by atoms with Crippen LogP contribution in [0.25, 0.3) is 0 Å². The molecule has 0 aromatic heterocycles. The van der Waals surface area contributed by atoms with Gasteiger partial charge in [0.25, 0.3) is 0 Å². The minimum absolute atomic E-state index is 0.455. The summed E-state index contributed by atoms with van der Waals surface area (Å²) >= 11 is 0. The van der Waals surface area contributed by atoms with Crippen molar-refractivity contribution in [3.8, 4) is 0 Å². The molecule has 2 rings (SSSR count). The second kappa shape index (κ2) is 8.27. The molecule has 4 nitrogen and oxygen atoms in total. The number of hydrogen-bond donors (Lipinski definition) is 1. The molecule has 1 aliphatic heterocycles. The molecule has 5 heteroatoms. The second-order valence-electron chi connectivity index (χ2n) is 6.29. The first kappa shape index (κ1) is 18.4. The van der Waals surface area contributed by atoms with Gasteiger partial charge in [0.05, 0.1) is 4.90 Å². The van der Waals surface area contributed by atoms with Gasteiger partial charge in [-0.25, -0.2) is 8.42 Å². The zero-order chi connectivity index (χ0) is 16.9. The highest BCUT2D eigenvalue weighted by Gasteiger charge is 2.29. The number of rotatable bonds is 7. The maximum atomic E-state index is 12.9. The number of nitrogens with one attached hydrogen (secondary N) is 1. The lowest BCUT2D eigenvalue weighted by Crippen LogP contribution is -2.40. The Bertz CT molecular complexity index is 605. The molecular formula is C18H30N2O2S. The standard InChI is InChI=1S/C18H30N2O2S/c1-4-16-7-8-18(13-17(16)5-2)23(21,22)20-11-9-15(10-12-20)14-19-6-3/h7-8,13,15,19H,4-6,9-12,14H2,1-3H3. The van der Waals surface area contributed by atoms with Crippen LogP contribution in [0.2, 0.25) is 0 Å². The van der Waals surface area contributed by atoms with Crippen molar-refractivity contribution in [3.63, 3.8) is 0 Å². The van der Waals surface area contributed by atoms with E-state index in [1.165, 1.54) is 5.56 Å². The van der Waals surface area contributed by atoms with Crippen LogP contribution in [0.5, 0.6) is 0 Å². The minimum atomic E-state index is -3.35. The second-order valence-corrected chi connectivity index (χ2v) is 8.23. The Kier molecular flexibility index (Phi) is 6.62. The van der Waals surface area contributed by atoms with Crippen molar-refractivity contribution in [3.05, 3.63) is 29.3 Å². The van der Waals surface area contributed by atoms with Crippen LogP contribution in [0.4, 0.5) is 0 Å². The summed E-state index contributed by atoms with van der Waals surface area (Å²) in [6, 6.07) is 5.63. The normalized spacial score (nSPS) is 17.5. The maximum Gasteiger partial charge on any atom is 0.243 e. The van der Waals surface area contributed by atoms with Crippen LogP contribution in [-0.4, -0.2) is 38.9 Å². The van der Waals surface area contributed by atoms with Crippen molar-refractivity contribution in [2.45, 2.75) is 51.3 Å². The molecule has 1 heterocycles. The fourth-order valence-corrected chi connectivity index (χ4v) is 4.81. The zero-order valence-corrected chi connectivity index (χ0v) is 15.5. The maximum absolute atomic E-state index is 12.9. The number of piperidine rings is 1. The largest absolute Gasteiger partial charge is 0.317 e. The first-order valence-electron chi connectivity index (χ1n) is 8.85. The molecule has 1 saturated heterocycles. The summed E-state index contributed by atoms with van der Waals surface area (Å²) in [6.07, 6.45) is 3.70. The van der Waals surface area contributed by atoms with E-state index in [2.05, 4.69) is 26.1 Å². The van der Waals surface area contributed by atoms with Gasteiger partial charge in [-0.3, -0.25) is 0 Å². The molecule has 130 valence electrons. The average molecular weight is 339 g/mol. The van der Waals surface area contributed by atoms with Crippen molar-refractivity contribution in [1.82, 2.24) is 9.62 Å². The smallest absolute Gasteiger partial charge is 0.243 e. The van der Waals surface area contributed by atoms with Crippen molar-refractivity contribution in [1.29, 1.82) is 0 Å². The summed E-state index contributed by atoms with van der Waals surface area (Å²) in [5.41, 5.74) is 2.39. The number of hydrogen-bond acceptors (Lipinski definition) is 3. The number of aryl methyl sites for hydroxylation is 2. The van der Waals surface area contributed by atoms with Gasteiger partial charge in [-0.05, 0) is 68.0 Å². The van der Waals surface area contributed by atoms with Gasteiger partial charge in [0.15, 0.2) is 0 Å². The van der Waals surface area contributed by atoms with E-state index in [1.54, 1.807) is 10.4 Å². The van der Waals surface area contributed by atoms with Crippen molar-refractivity contribution in [2.24, 2.45) is 5.92 Å². The highest BCUT2D eigenvalue weighted by molar-refractivity contribution is 7.89. The molecule has 0 saturated carbocycles. The van der Waals surface area contributed by atoms with E-state index in [4.69, 9.17) is 0 Å². The Morgan fingerprint density at radius 3 is 2.30 bits per heavy atom. The van der Waals surface area contributed by atoms with Gasteiger partial charge in [0, 0.05) is 13.1 Å². The number of sulfonamides is 1. The van der Waals surface area contributed by atoms with Crippen LogP contribution in [0, 0.1) is 5.92 Å². The van der Waals surface area contributed by atoms with Gasteiger partial charge in [0.1, 0.15) is 0 Å². The molecule has 1 aromatic rings. The molecule has 23 heavy (non-hydrogen) atoms. The summed E-state index contributed by atoms with van der Waals surface area (Å²) in [7, 11) is -3.35. The van der Waals surface area contributed by atoms with E-state index in [1.807, 2.05) is 12.1 Å². The molecule has 0 aliphatic carbocycles. The fourth-order valence-electron chi connectivity index (χ4n) is 3.29. The summed E-state index contributed by atoms with van der Waals surface area (Å²) in [6.45, 7) is 9.53. The van der Waals surface area contributed by atoms with Crippen LogP contribution in [-0.2, 0) is 22.9 Å². The Morgan fingerprint density at radius 1 is 1.09 bits per heavy atom. The third-order valence-corrected chi connectivity index (χ3v) is 6.73. The van der Waals surface area contributed by atoms with Gasteiger partial charge in [0.2, 0.25) is 10.0 Å². The van der Waals surface area contributed by atoms with Crippen LogP contribution >= 0.6 is 0 Å². The predicted molar refractivity (Wildman–Crippen MR) is 95.2 cm³/mol. The number of benzene rings is 1. The highest BCUT2D eigenvalue weighted by atomic mass is 32.2. The molecule has 1 fully saturated rings. The van der Waals surface area contributed by atoms with E-state index >= 15 is 0 Å². The van der Waals surface area contributed by atoms with E-state index in [-0.39, 0.29) is 0 Å². The highest BCUT2D eigenvalue weighted by Crippen LogP contribution is 2.25. The monoisotopic (exact) mass is 338 g/mol. The average Bonchev–Trinajstić information content (AvgIpc) is 2.59. The SMILES string of the molecule is CCNCC1CCN(S(=O)(=O)c2ccc(CC)c(CC)c2)CC1. The Labute approximate surface area is 141 Å². The topological polar surface area (TPSA) is 49.4 Å². The molecule has 0 spiro atoms. The summed E-state index contributed by atoms with van der Waals surface area (Å²) in [4.78, 5) is 0.455. The Balaban J connectivity index is 2.10. The Morgan fingerprint density at radius 2 is 1.74 bits per heavy atom. The molecule has 0 amide bonds. The molecular weight excluding hydrogens is 308 g/mol. The minimum Gasteiger partial charge on any atom is -0.317 e. The predicted octanol–water partition coefficient (Wildman–Crippen LogP) is 2.82. The molecule has 0 radical (unpaired) electrons. The van der Waals surface area contributed by atoms with Crippen molar-refractivity contribution in [2.75, 3.05) is 26.2 Å². The fraction of sp³-hybridized carbons (Fsp3) is 0.667. The van der Waals surface area contributed by atoms with E-state index in [0.717, 1.165) is 44.3 Å². The van der Waals surface area contributed by atoms with Crippen molar-refractivity contribution < 1.29 is 8.42 Å². The molecule has 1 aromatic carbocycles. The summed E-state index contributed by atoms with van der Waals surface area (Å²) in [5.74, 6) is 0.593. The Hall–Kier alpha value is -0.910. The zero-order valence-electron chi connectivity index (χ0n) is 14.6. The van der Waals surface area contributed by atoms with Crippen LogP contribution in [0.3, 0.4) is 0 Å². The lowest BCUT2D eigenvalue weighted by Gasteiger charge is -2.31. The third-order valence-electron chi connectivity index (χ3n) is 4.83. The molecule has 0 bridgehead atoms. The summed E-state index contributed by atoms with van der Waals surface area (Å²) in [5, 5.41) is 3.36. The van der Waals surface area contributed by atoms with E-state index in [0.29, 0.717) is 23.9 Å². The summed E-state index contributed by atoms with van der Waals surface area (Å²) < 4.78 is 27.4. The first-order chi connectivity index (χ1) is 11.0. The molecule has 0 atom stereocenters. The van der Waals surface area contributed by atoms with Crippen LogP contribution in [0.1, 0.15) is 44.7 Å². The van der Waals surface area contributed by atoms with Crippen LogP contribution in [0.15, 0.2) is 23.1 Å².